The molecule has 1 fully saturated rings. The molecule has 0 spiro atoms. The Morgan fingerprint density at radius 1 is 1.37 bits per heavy atom. The number of aliphatic carboxylic acids is 1. The van der Waals surface area contributed by atoms with Gasteiger partial charge in [-0.25, -0.2) is 0 Å². The van der Waals surface area contributed by atoms with Gasteiger partial charge in [-0.2, -0.15) is 0 Å². The van der Waals surface area contributed by atoms with Gasteiger partial charge in [0.25, 0.3) is 5.91 Å². The molecule has 1 aromatic carbocycles. The fraction of sp³-hybridized carbons (Fsp3) is 0.529. The van der Waals surface area contributed by atoms with Crippen molar-refractivity contribution in [2.24, 2.45) is 5.41 Å². The molecule has 1 saturated heterocycles. The molecule has 1 amide bonds. The van der Waals surface area contributed by atoms with E-state index in [1.54, 1.807) is 0 Å². The van der Waals surface area contributed by atoms with Crippen LogP contribution in [0.2, 0.25) is 0 Å². The maximum absolute atomic E-state index is 12.4. The third kappa shape index (κ3) is 4.64. The number of nitrogens with zero attached hydrogens (tertiary/aromatic N) is 2. The molecule has 1 aromatic rings. The van der Waals surface area contributed by atoms with Gasteiger partial charge in [-0.1, -0.05) is 0 Å². The van der Waals surface area contributed by atoms with Crippen LogP contribution in [0.4, 0.5) is 5.69 Å². The van der Waals surface area contributed by atoms with E-state index in [9.17, 15) is 24.8 Å². The number of carbonyl (C=O) groups is 2. The minimum absolute atomic E-state index is 0.0204. The highest BCUT2D eigenvalue weighted by molar-refractivity contribution is 5.80. The fourth-order valence-corrected chi connectivity index (χ4v) is 3.11. The number of carboxylic acid groups (broad SMARTS) is 1. The van der Waals surface area contributed by atoms with Crippen LogP contribution in [0.1, 0.15) is 12.8 Å². The van der Waals surface area contributed by atoms with Crippen LogP contribution in [0, 0.1) is 15.5 Å². The number of nitro groups is 1. The van der Waals surface area contributed by atoms with Crippen LogP contribution in [-0.2, 0) is 14.3 Å². The third-order valence-corrected chi connectivity index (χ3v) is 4.51. The van der Waals surface area contributed by atoms with E-state index in [0.29, 0.717) is 19.4 Å². The van der Waals surface area contributed by atoms with E-state index in [0.717, 1.165) is 0 Å². The molecule has 0 aromatic heterocycles. The molecule has 1 unspecified atom stereocenters. The van der Waals surface area contributed by atoms with Gasteiger partial charge < -0.3 is 24.2 Å². The summed E-state index contributed by atoms with van der Waals surface area (Å²) in [6.07, 6.45) is 0.979. The maximum atomic E-state index is 12.4. The summed E-state index contributed by atoms with van der Waals surface area (Å²) in [5, 5.41) is 20.4. The first kappa shape index (κ1) is 20.4. The van der Waals surface area contributed by atoms with Gasteiger partial charge in [0.05, 0.1) is 18.6 Å². The van der Waals surface area contributed by atoms with Crippen LogP contribution in [0.5, 0.6) is 11.5 Å². The number of amides is 1. The second kappa shape index (κ2) is 8.67. The lowest BCUT2D eigenvalue weighted by Crippen LogP contribution is -2.53. The van der Waals surface area contributed by atoms with Crippen molar-refractivity contribution in [3.05, 3.63) is 28.3 Å². The highest BCUT2D eigenvalue weighted by Crippen LogP contribution is 2.32. The Kier molecular flexibility index (Phi) is 6.56. The number of benzene rings is 1. The Hall–Kier alpha value is -2.88. The predicted molar refractivity (Wildman–Crippen MR) is 92.9 cm³/mol. The van der Waals surface area contributed by atoms with Crippen LogP contribution in [0.25, 0.3) is 0 Å². The molecular formula is C17H22N2O8. The molecule has 27 heavy (non-hydrogen) atoms. The van der Waals surface area contributed by atoms with Crippen molar-refractivity contribution >= 4 is 17.6 Å². The van der Waals surface area contributed by atoms with E-state index >= 15 is 0 Å². The van der Waals surface area contributed by atoms with Crippen LogP contribution >= 0.6 is 0 Å². The number of hydrogen-bond donors (Lipinski definition) is 1. The van der Waals surface area contributed by atoms with Crippen molar-refractivity contribution in [1.82, 2.24) is 4.90 Å². The molecule has 0 radical (unpaired) electrons. The first-order valence-electron chi connectivity index (χ1n) is 8.28. The second-order valence-electron chi connectivity index (χ2n) is 6.32. The van der Waals surface area contributed by atoms with E-state index in [1.807, 2.05) is 0 Å². The van der Waals surface area contributed by atoms with E-state index in [4.69, 9.17) is 14.2 Å². The molecule has 1 heterocycles. The topological polar surface area (TPSA) is 128 Å². The van der Waals surface area contributed by atoms with E-state index in [-0.39, 0.29) is 42.9 Å². The summed E-state index contributed by atoms with van der Waals surface area (Å²) < 4.78 is 15.4. The third-order valence-electron chi connectivity index (χ3n) is 4.51. The predicted octanol–water partition coefficient (Wildman–Crippen LogP) is 1.32. The van der Waals surface area contributed by atoms with Gasteiger partial charge in [-0.15, -0.1) is 0 Å². The zero-order valence-electron chi connectivity index (χ0n) is 15.2. The Morgan fingerprint density at radius 2 is 2.11 bits per heavy atom. The zero-order valence-corrected chi connectivity index (χ0v) is 15.2. The molecule has 148 valence electrons. The summed E-state index contributed by atoms with van der Waals surface area (Å²) >= 11 is 0. The van der Waals surface area contributed by atoms with Gasteiger partial charge >= 0.3 is 11.7 Å². The lowest BCUT2D eigenvalue weighted by molar-refractivity contribution is -0.385. The molecule has 1 atom stereocenters. The summed E-state index contributed by atoms with van der Waals surface area (Å²) in [7, 11) is 2.73. The van der Waals surface area contributed by atoms with Crippen molar-refractivity contribution < 1.29 is 33.8 Å². The van der Waals surface area contributed by atoms with E-state index < -0.39 is 16.3 Å². The highest BCUT2D eigenvalue weighted by atomic mass is 16.6. The monoisotopic (exact) mass is 382 g/mol. The van der Waals surface area contributed by atoms with Crippen LogP contribution in [-0.4, -0.2) is 67.3 Å². The number of piperidine rings is 1. The highest BCUT2D eigenvalue weighted by Gasteiger charge is 2.43. The molecule has 0 aliphatic carbocycles. The Morgan fingerprint density at radius 3 is 2.70 bits per heavy atom. The second-order valence-corrected chi connectivity index (χ2v) is 6.32. The molecule has 0 saturated carbocycles. The Labute approximate surface area is 155 Å². The van der Waals surface area contributed by atoms with Crippen molar-refractivity contribution in [1.29, 1.82) is 0 Å². The minimum atomic E-state index is -1.13. The van der Waals surface area contributed by atoms with Gasteiger partial charge in [0.2, 0.25) is 5.75 Å². The SMILES string of the molecule is COCC1(C(=O)O)CCCN(C(=O)COc2ccc([N+](=O)[O-])c(OC)c2)C1. The largest absolute Gasteiger partial charge is 0.490 e. The number of hydrogen-bond acceptors (Lipinski definition) is 7. The van der Waals surface area contributed by atoms with Crippen molar-refractivity contribution in [2.45, 2.75) is 12.8 Å². The average molecular weight is 382 g/mol. The zero-order chi connectivity index (χ0) is 20.0. The van der Waals surface area contributed by atoms with Crippen molar-refractivity contribution in [3.63, 3.8) is 0 Å². The van der Waals surface area contributed by atoms with Crippen molar-refractivity contribution in [3.8, 4) is 11.5 Å². The lowest BCUT2D eigenvalue weighted by Gasteiger charge is -2.39. The van der Waals surface area contributed by atoms with Crippen LogP contribution in [0.3, 0.4) is 0 Å². The lowest BCUT2D eigenvalue weighted by atomic mass is 9.80. The minimum Gasteiger partial charge on any atom is -0.490 e. The van der Waals surface area contributed by atoms with Gasteiger partial charge in [-0.05, 0) is 18.9 Å². The van der Waals surface area contributed by atoms with Crippen LogP contribution < -0.4 is 9.47 Å². The van der Waals surface area contributed by atoms with Crippen molar-refractivity contribution in [2.75, 3.05) is 40.5 Å². The smallest absolute Gasteiger partial charge is 0.313 e. The number of rotatable bonds is 8. The summed E-state index contributed by atoms with van der Waals surface area (Å²) in [6, 6.07) is 3.93. The number of likely N-dealkylation sites (tertiary alicyclic amines) is 1. The van der Waals surface area contributed by atoms with Gasteiger partial charge in [-0.3, -0.25) is 19.7 Å². The number of ether oxygens (including phenoxy) is 3. The van der Waals surface area contributed by atoms with Gasteiger partial charge in [0.15, 0.2) is 6.61 Å². The number of methoxy groups -OCH3 is 2. The molecule has 1 aliphatic heterocycles. The molecule has 10 nitrogen and oxygen atoms in total. The maximum Gasteiger partial charge on any atom is 0.313 e. The Balaban J connectivity index is 2.03. The average Bonchev–Trinajstić information content (AvgIpc) is 2.65. The first-order valence-corrected chi connectivity index (χ1v) is 8.28. The van der Waals surface area contributed by atoms with E-state index in [1.165, 1.54) is 37.3 Å². The molecule has 0 bridgehead atoms. The quantitative estimate of drug-likeness (QED) is 0.526. The molecule has 2 rings (SSSR count). The standard InChI is InChI=1S/C17H22N2O8/c1-25-11-17(16(21)22)6-3-7-18(10-17)15(20)9-27-12-4-5-13(19(23)24)14(8-12)26-2/h4-5,8H,3,6-7,9-11H2,1-2H3,(H,21,22). The molecular weight excluding hydrogens is 360 g/mol. The summed E-state index contributed by atoms with van der Waals surface area (Å²) in [5.41, 5.74) is -1.34. The summed E-state index contributed by atoms with van der Waals surface area (Å²) in [4.78, 5) is 35.9. The molecule has 1 aliphatic rings. The van der Waals surface area contributed by atoms with Crippen LogP contribution in [0.15, 0.2) is 18.2 Å². The fourth-order valence-electron chi connectivity index (χ4n) is 3.11. The first-order chi connectivity index (χ1) is 12.8. The van der Waals surface area contributed by atoms with E-state index in [2.05, 4.69) is 0 Å². The molecule has 10 heteroatoms. The number of nitro benzene ring substituents is 1. The molecule has 1 N–H and O–H groups in total. The summed E-state index contributed by atoms with van der Waals surface area (Å²) in [6.45, 7) is 0.183. The summed E-state index contributed by atoms with van der Waals surface area (Å²) in [5.74, 6) is -1.10. The number of carboxylic acids is 1. The van der Waals surface area contributed by atoms with Gasteiger partial charge in [0, 0.05) is 32.3 Å². The Bertz CT molecular complexity index is 719. The normalized spacial score (nSPS) is 19.4. The van der Waals surface area contributed by atoms with Gasteiger partial charge in [0.1, 0.15) is 11.2 Å². The number of carbonyl (C=O) groups excluding carboxylic acids is 1.